The smallest absolute Gasteiger partial charge is 0.192 e. The van der Waals surface area contributed by atoms with Gasteiger partial charge in [-0.15, -0.1) is 0 Å². The molecule has 1 heterocycles. The highest BCUT2D eigenvalue weighted by Gasteiger charge is 2.53. The lowest BCUT2D eigenvalue weighted by atomic mass is 9.97. The highest BCUT2D eigenvalue weighted by atomic mass is 28.4. The van der Waals surface area contributed by atoms with Gasteiger partial charge in [-0.3, -0.25) is 0 Å². The maximum Gasteiger partial charge on any atom is 0.192 e. The summed E-state index contributed by atoms with van der Waals surface area (Å²) in [7, 11) is -1.74. The van der Waals surface area contributed by atoms with Crippen LogP contribution in [-0.4, -0.2) is 31.9 Å². The summed E-state index contributed by atoms with van der Waals surface area (Å²) in [4.78, 5) is 0. The Kier molecular flexibility index (Phi) is 3.78. The Labute approximate surface area is 124 Å². The molecule has 4 heteroatoms. The molecule has 0 amide bonds. The van der Waals surface area contributed by atoms with E-state index in [1.165, 1.54) is 0 Å². The predicted octanol–water partition coefficient (Wildman–Crippen LogP) is 4.25. The second kappa shape index (κ2) is 4.67. The van der Waals surface area contributed by atoms with E-state index in [1.807, 2.05) is 13.8 Å². The van der Waals surface area contributed by atoms with Crippen LogP contribution < -0.4 is 0 Å². The van der Waals surface area contributed by atoms with Crippen molar-refractivity contribution < 1.29 is 13.9 Å². The van der Waals surface area contributed by atoms with Gasteiger partial charge in [0, 0.05) is 6.42 Å². The van der Waals surface area contributed by atoms with Gasteiger partial charge in [-0.05, 0) is 38.9 Å². The van der Waals surface area contributed by atoms with Crippen LogP contribution in [-0.2, 0) is 13.9 Å². The third kappa shape index (κ3) is 2.89. The SMILES string of the molecule is C[C@H]1OC(C)(C)O[C@@]12C=C[C@H](O[Si](C)(C)C(C)(C)C)C2. The fraction of sp³-hybridized carbons (Fsp3) is 0.875. The Bertz CT molecular complexity index is 408. The van der Waals surface area contributed by atoms with Crippen LogP contribution in [0.15, 0.2) is 12.2 Å². The van der Waals surface area contributed by atoms with E-state index >= 15 is 0 Å². The molecule has 0 aromatic rings. The summed E-state index contributed by atoms with van der Waals surface area (Å²) >= 11 is 0. The summed E-state index contributed by atoms with van der Waals surface area (Å²) in [5.41, 5.74) is -0.309. The van der Waals surface area contributed by atoms with Gasteiger partial charge >= 0.3 is 0 Å². The fourth-order valence-electron chi connectivity index (χ4n) is 2.82. The molecule has 20 heavy (non-hydrogen) atoms. The number of rotatable bonds is 2. The minimum Gasteiger partial charge on any atom is -0.410 e. The van der Waals surface area contributed by atoms with E-state index in [4.69, 9.17) is 13.9 Å². The second-order valence-corrected chi connectivity index (χ2v) is 13.0. The Balaban J connectivity index is 2.06. The molecule has 0 aromatic heterocycles. The molecular weight excluding hydrogens is 268 g/mol. The molecule has 0 radical (unpaired) electrons. The third-order valence-corrected chi connectivity index (χ3v) is 9.45. The van der Waals surface area contributed by atoms with E-state index in [9.17, 15) is 0 Å². The molecule has 1 aliphatic heterocycles. The lowest BCUT2D eigenvalue weighted by Crippen LogP contribution is -2.45. The van der Waals surface area contributed by atoms with E-state index < -0.39 is 14.1 Å². The zero-order chi connectivity index (χ0) is 15.4. The molecule has 1 saturated heterocycles. The fourth-order valence-corrected chi connectivity index (χ4v) is 4.10. The monoisotopic (exact) mass is 298 g/mol. The normalized spacial score (nSPS) is 37.0. The molecule has 1 spiro atoms. The standard InChI is InChI=1S/C16H30O3Si/c1-12-16(19-15(5,6)17-12)10-9-13(11-16)18-20(7,8)14(2,3)4/h9-10,12-13H,11H2,1-8H3/t12-,13+,16-/m1/s1. The molecule has 0 bridgehead atoms. The van der Waals surface area contributed by atoms with Crippen LogP contribution in [0, 0.1) is 0 Å². The Hall–Kier alpha value is -0.163. The Morgan fingerprint density at radius 3 is 2.30 bits per heavy atom. The lowest BCUT2D eigenvalue weighted by molar-refractivity contribution is -0.156. The average Bonchev–Trinajstić information content (AvgIpc) is 2.67. The largest absolute Gasteiger partial charge is 0.410 e. The van der Waals surface area contributed by atoms with Crippen LogP contribution in [0.3, 0.4) is 0 Å². The van der Waals surface area contributed by atoms with Crippen molar-refractivity contribution in [3.63, 3.8) is 0 Å². The molecule has 2 aliphatic rings. The Morgan fingerprint density at radius 2 is 1.85 bits per heavy atom. The van der Waals surface area contributed by atoms with Crippen LogP contribution >= 0.6 is 0 Å². The minimum absolute atomic E-state index is 0.0711. The van der Waals surface area contributed by atoms with Crippen molar-refractivity contribution in [1.29, 1.82) is 0 Å². The molecule has 1 fully saturated rings. The van der Waals surface area contributed by atoms with Gasteiger partial charge in [0.05, 0.1) is 12.2 Å². The molecule has 3 atom stereocenters. The highest BCUT2D eigenvalue weighted by Crippen LogP contribution is 2.46. The molecule has 116 valence electrons. The summed E-state index contributed by atoms with van der Waals surface area (Å²) in [6, 6.07) is 0. The summed E-state index contributed by atoms with van der Waals surface area (Å²) in [6.45, 7) is 17.5. The molecule has 0 saturated carbocycles. The quantitative estimate of drug-likeness (QED) is 0.563. The van der Waals surface area contributed by atoms with Crippen LogP contribution in [0.25, 0.3) is 0 Å². The topological polar surface area (TPSA) is 27.7 Å². The van der Waals surface area contributed by atoms with E-state index in [1.54, 1.807) is 0 Å². The van der Waals surface area contributed by atoms with Crippen molar-refractivity contribution in [2.75, 3.05) is 0 Å². The molecule has 2 rings (SSSR count). The predicted molar refractivity (Wildman–Crippen MR) is 84.3 cm³/mol. The zero-order valence-electron chi connectivity index (χ0n) is 14.2. The van der Waals surface area contributed by atoms with Crippen LogP contribution in [0.5, 0.6) is 0 Å². The van der Waals surface area contributed by atoms with Crippen molar-refractivity contribution in [1.82, 2.24) is 0 Å². The van der Waals surface area contributed by atoms with Crippen LogP contribution in [0.2, 0.25) is 18.1 Å². The van der Waals surface area contributed by atoms with Crippen molar-refractivity contribution in [2.45, 2.75) is 89.7 Å². The van der Waals surface area contributed by atoms with E-state index in [-0.39, 0.29) is 22.8 Å². The van der Waals surface area contributed by atoms with Gasteiger partial charge in [-0.2, -0.15) is 0 Å². The van der Waals surface area contributed by atoms with Gasteiger partial charge in [0.1, 0.15) is 5.60 Å². The van der Waals surface area contributed by atoms with E-state index in [0.717, 1.165) is 6.42 Å². The first-order valence-electron chi connectivity index (χ1n) is 7.62. The molecular formula is C16H30O3Si. The van der Waals surface area contributed by atoms with Crippen molar-refractivity contribution in [2.24, 2.45) is 0 Å². The number of hydrogen-bond acceptors (Lipinski definition) is 3. The second-order valence-electron chi connectivity index (χ2n) is 8.20. The first-order chi connectivity index (χ1) is 8.87. The first kappa shape index (κ1) is 16.2. The van der Waals surface area contributed by atoms with Crippen LogP contribution in [0.4, 0.5) is 0 Å². The number of ether oxygens (including phenoxy) is 2. The maximum absolute atomic E-state index is 6.48. The average molecular weight is 298 g/mol. The molecule has 0 N–H and O–H groups in total. The zero-order valence-corrected chi connectivity index (χ0v) is 15.2. The van der Waals surface area contributed by atoms with Gasteiger partial charge in [-0.25, -0.2) is 0 Å². The van der Waals surface area contributed by atoms with Gasteiger partial charge in [-0.1, -0.05) is 32.9 Å². The van der Waals surface area contributed by atoms with Gasteiger partial charge in [0.2, 0.25) is 0 Å². The number of hydrogen-bond donors (Lipinski definition) is 0. The summed E-state index contributed by atoms with van der Waals surface area (Å²) in [6.07, 6.45) is 5.41. The van der Waals surface area contributed by atoms with Crippen molar-refractivity contribution in [3.8, 4) is 0 Å². The lowest BCUT2D eigenvalue weighted by Gasteiger charge is -2.38. The van der Waals surface area contributed by atoms with Crippen molar-refractivity contribution in [3.05, 3.63) is 12.2 Å². The molecule has 0 aromatic carbocycles. The van der Waals surface area contributed by atoms with Gasteiger partial charge in [0.15, 0.2) is 14.1 Å². The van der Waals surface area contributed by atoms with E-state index in [0.29, 0.717) is 0 Å². The maximum atomic E-state index is 6.48. The van der Waals surface area contributed by atoms with Crippen LogP contribution in [0.1, 0.15) is 48.0 Å². The minimum atomic E-state index is -1.74. The summed E-state index contributed by atoms with van der Waals surface area (Å²) in [5.74, 6) is -0.504. The van der Waals surface area contributed by atoms with Gasteiger partial charge < -0.3 is 13.9 Å². The summed E-state index contributed by atoms with van der Waals surface area (Å²) < 4.78 is 18.6. The highest BCUT2D eigenvalue weighted by molar-refractivity contribution is 6.74. The van der Waals surface area contributed by atoms with E-state index in [2.05, 4.69) is 52.9 Å². The first-order valence-corrected chi connectivity index (χ1v) is 10.5. The van der Waals surface area contributed by atoms with Gasteiger partial charge in [0.25, 0.3) is 0 Å². The molecule has 3 nitrogen and oxygen atoms in total. The summed E-state index contributed by atoms with van der Waals surface area (Å²) in [5, 5.41) is 0.231. The third-order valence-electron chi connectivity index (χ3n) is 4.95. The Morgan fingerprint density at radius 1 is 1.25 bits per heavy atom. The molecule has 1 aliphatic carbocycles. The molecule has 0 unspecified atom stereocenters. The van der Waals surface area contributed by atoms with Crippen molar-refractivity contribution >= 4 is 8.32 Å².